The third-order valence-electron chi connectivity index (χ3n) is 3.91. The van der Waals surface area contributed by atoms with E-state index in [2.05, 4.69) is 5.32 Å². The predicted molar refractivity (Wildman–Crippen MR) is 113 cm³/mol. The fourth-order valence-electron chi connectivity index (χ4n) is 2.50. The molecule has 2 amide bonds. The molecule has 0 unspecified atom stereocenters. The van der Waals surface area contributed by atoms with E-state index in [1.54, 1.807) is 7.11 Å². The molecule has 1 heterocycles. The van der Waals surface area contributed by atoms with E-state index in [9.17, 15) is 9.59 Å². The van der Waals surface area contributed by atoms with Gasteiger partial charge < -0.3 is 10.1 Å². The SMILES string of the molecule is COc1ccc(/C=C2\SC(=O)N(CCC(=O)Nc3ccccc3)C2=S)cc1. The molecule has 138 valence electrons. The van der Waals surface area contributed by atoms with Crippen molar-refractivity contribution in [3.05, 3.63) is 65.1 Å². The van der Waals surface area contributed by atoms with Crippen molar-refractivity contribution >= 4 is 51.9 Å². The first-order valence-electron chi connectivity index (χ1n) is 8.31. The van der Waals surface area contributed by atoms with Crippen LogP contribution in [0.1, 0.15) is 12.0 Å². The zero-order valence-corrected chi connectivity index (χ0v) is 16.3. The number of methoxy groups -OCH3 is 1. The fourth-order valence-corrected chi connectivity index (χ4v) is 3.79. The summed E-state index contributed by atoms with van der Waals surface area (Å²) >= 11 is 6.51. The van der Waals surface area contributed by atoms with E-state index in [-0.39, 0.29) is 24.1 Å². The minimum absolute atomic E-state index is 0.158. The summed E-state index contributed by atoms with van der Waals surface area (Å²) in [5.41, 5.74) is 1.66. The summed E-state index contributed by atoms with van der Waals surface area (Å²) in [7, 11) is 1.61. The highest BCUT2D eigenvalue weighted by molar-refractivity contribution is 8.19. The Morgan fingerprint density at radius 3 is 2.56 bits per heavy atom. The zero-order valence-electron chi connectivity index (χ0n) is 14.7. The summed E-state index contributed by atoms with van der Waals surface area (Å²) in [6, 6.07) is 16.7. The molecule has 0 radical (unpaired) electrons. The van der Waals surface area contributed by atoms with Crippen molar-refractivity contribution in [3.8, 4) is 5.75 Å². The molecule has 0 aliphatic carbocycles. The molecule has 1 N–H and O–H groups in total. The molecular weight excluding hydrogens is 380 g/mol. The van der Waals surface area contributed by atoms with Gasteiger partial charge in [-0.2, -0.15) is 0 Å². The summed E-state index contributed by atoms with van der Waals surface area (Å²) in [4.78, 5) is 27.0. The minimum Gasteiger partial charge on any atom is -0.497 e. The largest absolute Gasteiger partial charge is 0.497 e. The van der Waals surface area contributed by atoms with Crippen molar-refractivity contribution in [1.29, 1.82) is 0 Å². The van der Waals surface area contributed by atoms with Crippen LogP contribution in [-0.2, 0) is 4.79 Å². The Hall–Kier alpha value is -2.64. The van der Waals surface area contributed by atoms with E-state index < -0.39 is 0 Å². The van der Waals surface area contributed by atoms with Crippen molar-refractivity contribution in [2.45, 2.75) is 6.42 Å². The zero-order chi connectivity index (χ0) is 19.2. The molecule has 2 aromatic rings. The average molecular weight is 399 g/mol. The third kappa shape index (κ3) is 4.96. The van der Waals surface area contributed by atoms with Crippen LogP contribution >= 0.6 is 24.0 Å². The van der Waals surface area contributed by atoms with E-state index >= 15 is 0 Å². The lowest BCUT2D eigenvalue weighted by atomic mass is 10.2. The fraction of sp³-hybridized carbons (Fsp3) is 0.150. The molecule has 1 aliphatic rings. The molecule has 0 bridgehead atoms. The van der Waals surface area contributed by atoms with Gasteiger partial charge in [0.05, 0.1) is 12.0 Å². The minimum atomic E-state index is -0.160. The van der Waals surface area contributed by atoms with Crippen molar-refractivity contribution in [2.24, 2.45) is 0 Å². The molecule has 0 aromatic heterocycles. The number of hydrogen-bond acceptors (Lipinski definition) is 5. The van der Waals surface area contributed by atoms with Gasteiger partial charge in [-0.3, -0.25) is 14.5 Å². The number of amides is 2. The average Bonchev–Trinajstić information content (AvgIpc) is 2.94. The summed E-state index contributed by atoms with van der Waals surface area (Å²) in [5, 5.41) is 2.64. The molecule has 1 fully saturated rings. The number of thiocarbonyl (C=S) groups is 1. The number of carbonyl (C=O) groups is 2. The molecule has 1 saturated heterocycles. The van der Waals surface area contributed by atoms with Gasteiger partial charge in [0, 0.05) is 18.7 Å². The Kier molecular flexibility index (Phi) is 6.26. The molecule has 3 rings (SSSR count). The number of para-hydroxylation sites is 1. The number of rotatable bonds is 6. The first kappa shape index (κ1) is 19.1. The summed E-state index contributed by atoms with van der Waals surface area (Å²) < 4.78 is 5.14. The smallest absolute Gasteiger partial charge is 0.291 e. The number of anilines is 1. The quantitative estimate of drug-likeness (QED) is 0.571. The first-order chi connectivity index (χ1) is 13.1. The van der Waals surface area contributed by atoms with Gasteiger partial charge in [0.1, 0.15) is 10.7 Å². The highest BCUT2D eigenvalue weighted by Gasteiger charge is 2.31. The number of hydrogen-bond donors (Lipinski definition) is 1. The Balaban J connectivity index is 1.60. The number of nitrogens with one attached hydrogen (secondary N) is 1. The van der Waals surface area contributed by atoms with Crippen LogP contribution in [0.5, 0.6) is 5.75 Å². The summed E-state index contributed by atoms with van der Waals surface area (Å²) in [6.45, 7) is 0.253. The molecule has 2 aromatic carbocycles. The third-order valence-corrected chi connectivity index (χ3v) is 5.40. The van der Waals surface area contributed by atoms with Crippen LogP contribution in [0.4, 0.5) is 10.5 Å². The van der Waals surface area contributed by atoms with Gasteiger partial charge in [0.15, 0.2) is 0 Å². The van der Waals surface area contributed by atoms with Crippen molar-refractivity contribution in [2.75, 3.05) is 19.0 Å². The maximum absolute atomic E-state index is 12.3. The normalized spacial score (nSPS) is 15.3. The number of carbonyl (C=O) groups excluding carboxylic acids is 2. The van der Waals surface area contributed by atoms with Gasteiger partial charge in [-0.1, -0.05) is 42.5 Å². The monoisotopic (exact) mass is 398 g/mol. The predicted octanol–water partition coefficient (Wildman–Crippen LogP) is 4.56. The second-order valence-electron chi connectivity index (χ2n) is 5.77. The molecule has 0 atom stereocenters. The van der Waals surface area contributed by atoms with Gasteiger partial charge in [-0.15, -0.1) is 0 Å². The molecule has 27 heavy (non-hydrogen) atoms. The maximum atomic E-state index is 12.3. The molecule has 0 spiro atoms. The van der Waals surface area contributed by atoms with Crippen LogP contribution in [0.15, 0.2) is 59.5 Å². The Labute approximate surface area is 167 Å². The van der Waals surface area contributed by atoms with Crippen LogP contribution in [0, 0.1) is 0 Å². The molecular formula is C20H18N2O3S2. The number of benzene rings is 2. The van der Waals surface area contributed by atoms with E-state index in [0.29, 0.717) is 9.89 Å². The summed E-state index contributed by atoms with van der Waals surface area (Å²) in [5.74, 6) is 0.607. The highest BCUT2D eigenvalue weighted by Crippen LogP contribution is 2.33. The highest BCUT2D eigenvalue weighted by atomic mass is 32.2. The lowest BCUT2D eigenvalue weighted by molar-refractivity contribution is -0.116. The van der Waals surface area contributed by atoms with Crippen molar-refractivity contribution in [1.82, 2.24) is 4.90 Å². The van der Waals surface area contributed by atoms with Crippen LogP contribution in [-0.4, -0.2) is 34.7 Å². The van der Waals surface area contributed by atoms with E-state index in [4.69, 9.17) is 17.0 Å². The number of nitrogens with zero attached hydrogens (tertiary/aromatic N) is 1. The van der Waals surface area contributed by atoms with Gasteiger partial charge >= 0.3 is 0 Å². The van der Waals surface area contributed by atoms with Gasteiger partial charge in [-0.05, 0) is 47.7 Å². The van der Waals surface area contributed by atoms with Crippen molar-refractivity contribution < 1.29 is 14.3 Å². The second-order valence-corrected chi connectivity index (χ2v) is 7.15. The Bertz CT molecular complexity index is 880. The topological polar surface area (TPSA) is 58.6 Å². The van der Waals surface area contributed by atoms with Crippen LogP contribution in [0.2, 0.25) is 0 Å². The van der Waals surface area contributed by atoms with Crippen molar-refractivity contribution in [3.63, 3.8) is 0 Å². The molecule has 1 aliphatic heterocycles. The lowest BCUT2D eigenvalue weighted by Gasteiger charge is -2.14. The van der Waals surface area contributed by atoms with E-state index in [0.717, 1.165) is 28.8 Å². The standard InChI is InChI=1S/C20H18N2O3S2/c1-25-16-9-7-14(8-10-16)13-17-19(26)22(20(24)27-17)12-11-18(23)21-15-5-3-2-4-6-15/h2-10,13H,11-12H2,1H3,(H,21,23)/b17-13-. The van der Waals surface area contributed by atoms with Gasteiger partial charge in [0.25, 0.3) is 5.24 Å². The van der Waals surface area contributed by atoms with E-state index in [1.807, 2.05) is 60.7 Å². The first-order valence-corrected chi connectivity index (χ1v) is 9.53. The van der Waals surface area contributed by atoms with Crippen LogP contribution in [0.25, 0.3) is 6.08 Å². The summed E-state index contributed by atoms with van der Waals surface area (Å²) in [6.07, 6.45) is 2.05. The van der Waals surface area contributed by atoms with Gasteiger partial charge in [0.2, 0.25) is 5.91 Å². The molecule has 5 nitrogen and oxygen atoms in total. The van der Waals surface area contributed by atoms with Crippen LogP contribution in [0.3, 0.4) is 0 Å². The molecule has 7 heteroatoms. The lowest BCUT2D eigenvalue weighted by Crippen LogP contribution is -2.30. The Morgan fingerprint density at radius 1 is 1.19 bits per heavy atom. The maximum Gasteiger partial charge on any atom is 0.291 e. The number of ether oxygens (including phenoxy) is 1. The second kappa shape index (κ2) is 8.83. The Morgan fingerprint density at radius 2 is 1.89 bits per heavy atom. The van der Waals surface area contributed by atoms with E-state index in [1.165, 1.54) is 4.90 Å². The van der Waals surface area contributed by atoms with Crippen LogP contribution < -0.4 is 10.1 Å². The van der Waals surface area contributed by atoms with Gasteiger partial charge in [-0.25, -0.2) is 0 Å². The number of thioether (sulfide) groups is 1. The molecule has 0 saturated carbocycles.